The van der Waals surface area contributed by atoms with Gasteiger partial charge in [-0.2, -0.15) is 0 Å². The molecule has 0 amide bonds. The summed E-state index contributed by atoms with van der Waals surface area (Å²) in [4.78, 5) is 2.13. The lowest BCUT2D eigenvalue weighted by Gasteiger charge is -2.32. The molecule has 0 unspecified atom stereocenters. The van der Waals surface area contributed by atoms with Gasteiger partial charge in [0.25, 0.3) is 0 Å². The zero-order valence-electron chi connectivity index (χ0n) is 9.56. The number of benzene rings is 1. The van der Waals surface area contributed by atoms with Gasteiger partial charge in [-0.05, 0) is 56.4 Å². The largest absolute Gasteiger partial charge is 0.437 e. The highest BCUT2D eigenvalue weighted by Crippen LogP contribution is 2.28. The summed E-state index contributed by atoms with van der Waals surface area (Å²) in [5, 5.41) is 9.49. The molecule has 1 heterocycles. The van der Waals surface area contributed by atoms with E-state index in [4.69, 9.17) is 0 Å². The number of rotatable bonds is 2. The van der Waals surface area contributed by atoms with Crippen molar-refractivity contribution in [1.29, 1.82) is 0 Å². The summed E-state index contributed by atoms with van der Waals surface area (Å²) in [6, 6.07) is 8.62. The Bertz CT molecular complexity index is 333. The molecule has 1 saturated heterocycles. The molecule has 0 saturated carbocycles. The van der Waals surface area contributed by atoms with Crippen molar-refractivity contribution in [3.63, 3.8) is 0 Å². The number of piperidine rings is 1. The van der Waals surface area contributed by atoms with Gasteiger partial charge in [-0.15, -0.1) is 0 Å². The molecule has 1 aliphatic rings. The Morgan fingerprint density at radius 2 is 1.81 bits per heavy atom. The fraction of sp³-hybridized carbons (Fsp3) is 0.500. The summed E-state index contributed by atoms with van der Waals surface area (Å²) in [6.07, 6.45) is 2.29. The highest BCUT2D eigenvalue weighted by molar-refractivity contribution is 9.10. The maximum absolute atomic E-state index is 9.49. The van der Waals surface area contributed by atoms with Crippen molar-refractivity contribution in [2.45, 2.75) is 25.6 Å². The van der Waals surface area contributed by atoms with Crippen LogP contribution in [0.25, 0.3) is 0 Å². The van der Waals surface area contributed by atoms with Crippen molar-refractivity contribution >= 4 is 23.0 Å². The van der Waals surface area contributed by atoms with E-state index in [2.05, 4.69) is 45.0 Å². The van der Waals surface area contributed by atoms with Gasteiger partial charge in [0.2, 0.25) is 0 Å². The maximum atomic E-state index is 9.49. The Labute approximate surface area is 106 Å². The lowest BCUT2D eigenvalue weighted by molar-refractivity contribution is 0.289. The zero-order chi connectivity index (χ0) is 11.5. The van der Waals surface area contributed by atoms with Crippen LogP contribution in [0.15, 0.2) is 28.7 Å². The molecule has 86 valence electrons. The van der Waals surface area contributed by atoms with E-state index in [0.29, 0.717) is 5.92 Å². The maximum Gasteiger partial charge on any atom is 0.376 e. The van der Waals surface area contributed by atoms with E-state index in [0.717, 1.165) is 30.4 Å². The van der Waals surface area contributed by atoms with Crippen LogP contribution in [-0.2, 0) is 0 Å². The molecule has 0 aliphatic carbocycles. The van der Waals surface area contributed by atoms with E-state index in [1.165, 1.54) is 5.56 Å². The molecule has 2 rings (SSSR count). The van der Waals surface area contributed by atoms with Crippen LogP contribution in [0.4, 0.5) is 0 Å². The average molecular weight is 282 g/mol. The zero-order valence-corrected chi connectivity index (χ0v) is 11.2. The Morgan fingerprint density at radius 1 is 1.25 bits per heavy atom. The van der Waals surface area contributed by atoms with Crippen LogP contribution in [0.1, 0.15) is 24.3 Å². The molecular formula is C12H17BBrNO. The van der Waals surface area contributed by atoms with Gasteiger partial charge in [-0.1, -0.05) is 28.1 Å². The van der Waals surface area contributed by atoms with Crippen molar-refractivity contribution in [3.05, 3.63) is 34.3 Å². The molecule has 0 bridgehead atoms. The number of nitrogens with zero attached hydrogens (tertiary/aromatic N) is 1. The van der Waals surface area contributed by atoms with Crippen LogP contribution in [0.3, 0.4) is 0 Å². The monoisotopic (exact) mass is 281 g/mol. The van der Waals surface area contributed by atoms with Crippen LogP contribution < -0.4 is 0 Å². The van der Waals surface area contributed by atoms with Gasteiger partial charge in [0.1, 0.15) is 0 Å². The van der Waals surface area contributed by atoms with Crippen molar-refractivity contribution in [2.75, 3.05) is 13.1 Å². The summed E-state index contributed by atoms with van der Waals surface area (Å²) < 4.78 is 1.14. The predicted molar refractivity (Wildman–Crippen MR) is 71.5 cm³/mol. The van der Waals surface area contributed by atoms with Crippen LogP contribution in [0.2, 0.25) is 6.82 Å². The van der Waals surface area contributed by atoms with Crippen LogP contribution in [0.5, 0.6) is 0 Å². The smallest absolute Gasteiger partial charge is 0.376 e. The molecule has 0 aromatic heterocycles. The minimum absolute atomic E-state index is 0.300. The molecule has 0 radical (unpaired) electrons. The lowest BCUT2D eigenvalue weighted by atomic mass is 9.79. The predicted octanol–water partition coefficient (Wildman–Crippen LogP) is 2.74. The first kappa shape index (κ1) is 12.2. The van der Waals surface area contributed by atoms with Gasteiger partial charge in [0.15, 0.2) is 0 Å². The summed E-state index contributed by atoms with van der Waals surface area (Å²) in [6.45, 7) is 3.84. The highest BCUT2D eigenvalue weighted by Gasteiger charge is 2.24. The summed E-state index contributed by atoms with van der Waals surface area (Å²) >= 11 is 3.46. The second-order valence-electron chi connectivity index (χ2n) is 4.49. The first-order chi connectivity index (χ1) is 7.66. The molecule has 1 aromatic carbocycles. The molecule has 4 heteroatoms. The van der Waals surface area contributed by atoms with Crippen molar-refractivity contribution in [3.8, 4) is 0 Å². The summed E-state index contributed by atoms with van der Waals surface area (Å²) in [5.41, 5.74) is 1.42. The van der Waals surface area contributed by atoms with E-state index < -0.39 is 0 Å². The highest BCUT2D eigenvalue weighted by atomic mass is 79.9. The van der Waals surface area contributed by atoms with E-state index in [1.54, 1.807) is 0 Å². The summed E-state index contributed by atoms with van der Waals surface area (Å²) in [7, 11) is -0.300. The van der Waals surface area contributed by atoms with Gasteiger partial charge < -0.3 is 9.83 Å². The van der Waals surface area contributed by atoms with Gasteiger partial charge >= 0.3 is 7.05 Å². The number of halogens is 1. The molecule has 0 spiro atoms. The van der Waals surface area contributed by atoms with Gasteiger partial charge in [0.05, 0.1) is 0 Å². The first-order valence-electron chi connectivity index (χ1n) is 5.84. The summed E-state index contributed by atoms with van der Waals surface area (Å²) in [5.74, 6) is 0.656. The second-order valence-corrected chi connectivity index (χ2v) is 5.41. The van der Waals surface area contributed by atoms with Crippen LogP contribution in [0, 0.1) is 0 Å². The van der Waals surface area contributed by atoms with Gasteiger partial charge in [-0.3, -0.25) is 0 Å². The van der Waals surface area contributed by atoms with E-state index >= 15 is 0 Å². The molecule has 2 nitrogen and oxygen atoms in total. The Kier molecular flexibility index (Phi) is 4.06. The molecule has 0 atom stereocenters. The normalized spacial score (nSPS) is 18.7. The quantitative estimate of drug-likeness (QED) is 0.843. The van der Waals surface area contributed by atoms with Crippen LogP contribution in [-0.4, -0.2) is 30.0 Å². The van der Waals surface area contributed by atoms with E-state index in [1.807, 2.05) is 6.82 Å². The third kappa shape index (κ3) is 2.87. The average Bonchev–Trinajstić information content (AvgIpc) is 2.30. The third-order valence-corrected chi connectivity index (χ3v) is 3.93. The Hall–Kier alpha value is -0.315. The number of hydrogen-bond acceptors (Lipinski definition) is 2. The third-order valence-electron chi connectivity index (χ3n) is 3.40. The van der Waals surface area contributed by atoms with Gasteiger partial charge in [0, 0.05) is 4.47 Å². The number of hydrogen-bond donors (Lipinski definition) is 1. The molecule has 1 aliphatic heterocycles. The minimum Gasteiger partial charge on any atom is -0.437 e. The van der Waals surface area contributed by atoms with E-state index in [9.17, 15) is 5.02 Å². The Balaban J connectivity index is 1.96. The van der Waals surface area contributed by atoms with Crippen molar-refractivity contribution in [2.24, 2.45) is 0 Å². The molecule has 16 heavy (non-hydrogen) atoms. The minimum atomic E-state index is -0.300. The standard InChI is InChI=1S/C12H17BBrNO/c1-13(16)15-8-6-11(7-9-15)10-2-4-12(14)5-3-10/h2-5,11,16H,6-9H2,1H3. The Morgan fingerprint density at radius 3 is 2.31 bits per heavy atom. The molecule has 1 aromatic rings. The van der Waals surface area contributed by atoms with Gasteiger partial charge in [-0.25, -0.2) is 0 Å². The second kappa shape index (κ2) is 5.34. The lowest BCUT2D eigenvalue weighted by Crippen LogP contribution is -2.42. The van der Waals surface area contributed by atoms with E-state index in [-0.39, 0.29) is 7.05 Å². The topological polar surface area (TPSA) is 23.5 Å². The fourth-order valence-corrected chi connectivity index (χ4v) is 2.61. The fourth-order valence-electron chi connectivity index (χ4n) is 2.34. The SMILES string of the molecule is CB(O)N1CCC(c2ccc(Br)cc2)CC1. The molecular weight excluding hydrogens is 265 g/mol. The molecule has 1 fully saturated rings. The van der Waals surface area contributed by atoms with Crippen molar-refractivity contribution in [1.82, 2.24) is 4.81 Å². The molecule has 1 N–H and O–H groups in total. The first-order valence-corrected chi connectivity index (χ1v) is 6.63. The van der Waals surface area contributed by atoms with Crippen LogP contribution >= 0.6 is 15.9 Å². The van der Waals surface area contributed by atoms with Crippen molar-refractivity contribution < 1.29 is 5.02 Å².